The molecule has 3 heterocycles. The zero-order chi connectivity index (χ0) is 14.2. The first-order valence-corrected chi connectivity index (χ1v) is 9.26. The standard InChI is InChI=1S/C16H18N2OS2/c19-15(11-4-2-1-3-5-11)14-16(12-6-7-20-9-12)21-13-8-17-10-18(13)14/h6-11,15,19H,1-5H2. The van der Waals surface area contributed by atoms with Gasteiger partial charge in [-0.2, -0.15) is 11.3 Å². The van der Waals surface area contributed by atoms with Crippen LogP contribution in [0, 0.1) is 5.92 Å². The van der Waals surface area contributed by atoms with Crippen LogP contribution in [0.3, 0.4) is 0 Å². The van der Waals surface area contributed by atoms with E-state index >= 15 is 0 Å². The van der Waals surface area contributed by atoms with Gasteiger partial charge < -0.3 is 5.11 Å². The summed E-state index contributed by atoms with van der Waals surface area (Å²) in [4.78, 5) is 6.55. The Labute approximate surface area is 131 Å². The Morgan fingerprint density at radius 1 is 1.29 bits per heavy atom. The van der Waals surface area contributed by atoms with Gasteiger partial charge in [0.25, 0.3) is 0 Å². The molecule has 1 N–H and O–H groups in total. The molecule has 3 nitrogen and oxygen atoms in total. The number of fused-ring (bicyclic) bond motifs is 1. The third-order valence-electron chi connectivity index (χ3n) is 4.46. The summed E-state index contributed by atoms with van der Waals surface area (Å²) < 4.78 is 2.08. The average Bonchev–Trinajstić information content (AvgIpc) is 3.23. The lowest BCUT2D eigenvalue weighted by atomic mass is 9.83. The first-order chi connectivity index (χ1) is 10.3. The van der Waals surface area contributed by atoms with Crippen molar-refractivity contribution in [2.45, 2.75) is 38.2 Å². The highest BCUT2D eigenvalue weighted by atomic mass is 32.1. The van der Waals surface area contributed by atoms with Crippen LogP contribution in [0.15, 0.2) is 29.4 Å². The minimum absolute atomic E-state index is 0.385. The molecule has 0 radical (unpaired) electrons. The van der Waals surface area contributed by atoms with Gasteiger partial charge in [-0.1, -0.05) is 19.3 Å². The highest BCUT2D eigenvalue weighted by molar-refractivity contribution is 7.21. The van der Waals surface area contributed by atoms with E-state index in [1.54, 1.807) is 22.7 Å². The zero-order valence-electron chi connectivity index (χ0n) is 11.7. The second-order valence-electron chi connectivity index (χ2n) is 5.77. The van der Waals surface area contributed by atoms with Crippen LogP contribution in [0.25, 0.3) is 15.3 Å². The fraction of sp³-hybridized carbons (Fsp3) is 0.438. The van der Waals surface area contributed by atoms with Crippen molar-refractivity contribution in [3.05, 3.63) is 35.0 Å². The van der Waals surface area contributed by atoms with Gasteiger partial charge >= 0.3 is 0 Å². The number of nitrogens with zero attached hydrogens (tertiary/aromatic N) is 2. The van der Waals surface area contributed by atoms with Crippen LogP contribution in [0.2, 0.25) is 0 Å². The molecule has 0 amide bonds. The predicted octanol–water partition coefficient (Wildman–Crippen LogP) is 4.74. The van der Waals surface area contributed by atoms with Gasteiger partial charge in [0.05, 0.1) is 22.9 Å². The largest absolute Gasteiger partial charge is 0.387 e. The van der Waals surface area contributed by atoms with E-state index in [4.69, 9.17) is 0 Å². The summed E-state index contributed by atoms with van der Waals surface area (Å²) in [5.74, 6) is 0.385. The predicted molar refractivity (Wildman–Crippen MR) is 87.9 cm³/mol. The summed E-state index contributed by atoms with van der Waals surface area (Å²) in [6.45, 7) is 0. The molecule has 3 aromatic rings. The van der Waals surface area contributed by atoms with E-state index < -0.39 is 0 Å². The van der Waals surface area contributed by atoms with Crippen molar-refractivity contribution in [1.29, 1.82) is 0 Å². The van der Waals surface area contributed by atoms with Gasteiger partial charge in [0.15, 0.2) is 0 Å². The third-order valence-corrected chi connectivity index (χ3v) is 6.31. The van der Waals surface area contributed by atoms with Crippen LogP contribution in [-0.2, 0) is 0 Å². The Balaban J connectivity index is 1.81. The molecule has 0 bridgehead atoms. The van der Waals surface area contributed by atoms with E-state index in [0.29, 0.717) is 5.92 Å². The number of aliphatic hydroxyl groups excluding tert-OH is 1. The van der Waals surface area contributed by atoms with Gasteiger partial charge in [0, 0.05) is 5.56 Å². The topological polar surface area (TPSA) is 37.5 Å². The van der Waals surface area contributed by atoms with Crippen molar-refractivity contribution in [1.82, 2.24) is 9.38 Å². The summed E-state index contributed by atoms with van der Waals surface area (Å²) in [5.41, 5.74) is 2.26. The lowest BCUT2D eigenvalue weighted by Gasteiger charge is -2.27. The molecular weight excluding hydrogens is 300 g/mol. The van der Waals surface area contributed by atoms with Crippen LogP contribution in [-0.4, -0.2) is 14.5 Å². The molecule has 0 spiro atoms. The van der Waals surface area contributed by atoms with Crippen molar-refractivity contribution >= 4 is 27.5 Å². The fourth-order valence-corrected chi connectivity index (χ4v) is 5.21. The second kappa shape index (κ2) is 5.55. The molecule has 0 aliphatic heterocycles. The smallest absolute Gasteiger partial charge is 0.120 e. The molecule has 1 unspecified atom stereocenters. The minimum atomic E-state index is -0.386. The van der Waals surface area contributed by atoms with Crippen LogP contribution >= 0.6 is 22.7 Å². The van der Waals surface area contributed by atoms with E-state index in [9.17, 15) is 5.11 Å². The molecule has 1 aliphatic rings. The van der Waals surface area contributed by atoms with Gasteiger partial charge in [-0.25, -0.2) is 4.98 Å². The monoisotopic (exact) mass is 318 g/mol. The maximum absolute atomic E-state index is 11.0. The Morgan fingerprint density at radius 2 is 2.14 bits per heavy atom. The number of thiazole rings is 1. The maximum Gasteiger partial charge on any atom is 0.120 e. The van der Waals surface area contributed by atoms with E-state index in [-0.39, 0.29) is 6.10 Å². The van der Waals surface area contributed by atoms with Crippen molar-refractivity contribution in [2.75, 3.05) is 0 Å². The Morgan fingerprint density at radius 3 is 2.90 bits per heavy atom. The van der Waals surface area contributed by atoms with Gasteiger partial charge in [-0.15, -0.1) is 11.3 Å². The Hall–Kier alpha value is -1.17. The molecule has 1 aliphatic carbocycles. The number of thiophene rings is 1. The van der Waals surface area contributed by atoms with E-state index in [2.05, 4.69) is 26.2 Å². The number of rotatable bonds is 3. The van der Waals surface area contributed by atoms with Gasteiger partial charge in [-0.3, -0.25) is 4.40 Å². The molecule has 5 heteroatoms. The molecule has 1 atom stereocenters. The summed E-state index contributed by atoms with van der Waals surface area (Å²) >= 11 is 3.43. The average molecular weight is 318 g/mol. The zero-order valence-corrected chi connectivity index (χ0v) is 13.4. The van der Waals surface area contributed by atoms with E-state index in [0.717, 1.165) is 23.4 Å². The third kappa shape index (κ3) is 2.33. The quantitative estimate of drug-likeness (QED) is 0.757. The Kier molecular flexibility index (Phi) is 3.57. The second-order valence-corrected chi connectivity index (χ2v) is 7.58. The highest BCUT2D eigenvalue weighted by Gasteiger charge is 2.29. The van der Waals surface area contributed by atoms with Gasteiger partial charge in [0.2, 0.25) is 0 Å². The lowest BCUT2D eigenvalue weighted by molar-refractivity contribution is 0.0811. The van der Waals surface area contributed by atoms with Gasteiger partial charge in [0.1, 0.15) is 11.2 Å². The van der Waals surface area contributed by atoms with Gasteiger partial charge in [-0.05, 0) is 35.6 Å². The number of imidazole rings is 1. The SMILES string of the molecule is OC(c1c(-c2ccsc2)sc2cncn12)C1CCCCC1. The Bertz CT molecular complexity index is 723. The van der Waals surface area contributed by atoms with Crippen molar-refractivity contribution in [3.63, 3.8) is 0 Å². The fourth-order valence-electron chi connectivity index (χ4n) is 3.36. The maximum atomic E-state index is 11.0. The van der Waals surface area contributed by atoms with E-state index in [1.807, 2.05) is 12.5 Å². The lowest BCUT2D eigenvalue weighted by Crippen LogP contribution is -2.17. The number of hydrogen-bond acceptors (Lipinski definition) is 4. The molecule has 0 saturated heterocycles. The number of aromatic nitrogens is 2. The molecule has 110 valence electrons. The molecule has 1 saturated carbocycles. The van der Waals surface area contributed by atoms with Crippen molar-refractivity contribution in [3.8, 4) is 10.4 Å². The van der Waals surface area contributed by atoms with Crippen LogP contribution in [0.5, 0.6) is 0 Å². The molecule has 3 aromatic heterocycles. The first-order valence-electron chi connectivity index (χ1n) is 7.50. The van der Waals surface area contributed by atoms with Crippen LogP contribution in [0.4, 0.5) is 0 Å². The molecular formula is C16H18N2OS2. The molecule has 21 heavy (non-hydrogen) atoms. The van der Waals surface area contributed by atoms with Crippen LogP contribution in [0.1, 0.15) is 43.9 Å². The van der Waals surface area contributed by atoms with Crippen molar-refractivity contribution < 1.29 is 5.11 Å². The number of hydrogen-bond donors (Lipinski definition) is 1. The summed E-state index contributed by atoms with van der Waals surface area (Å²) in [6, 6.07) is 2.14. The molecule has 0 aromatic carbocycles. The van der Waals surface area contributed by atoms with Crippen LogP contribution < -0.4 is 0 Å². The normalized spacial score (nSPS) is 18.3. The summed E-state index contributed by atoms with van der Waals surface area (Å²) in [7, 11) is 0. The summed E-state index contributed by atoms with van der Waals surface area (Å²) in [5, 5.41) is 15.3. The number of aliphatic hydroxyl groups is 1. The minimum Gasteiger partial charge on any atom is -0.387 e. The van der Waals surface area contributed by atoms with E-state index in [1.165, 1.54) is 29.7 Å². The summed E-state index contributed by atoms with van der Waals surface area (Å²) in [6.07, 6.45) is 9.40. The highest BCUT2D eigenvalue weighted by Crippen LogP contribution is 2.42. The first kappa shape index (κ1) is 13.5. The molecule has 1 fully saturated rings. The van der Waals surface area contributed by atoms with Crippen molar-refractivity contribution in [2.24, 2.45) is 5.92 Å². The molecule has 4 rings (SSSR count).